The van der Waals surface area contributed by atoms with Gasteiger partial charge in [0.2, 0.25) is 0 Å². The Hall–Kier alpha value is -3.35. The van der Waals surface area contributed by atoms with E-state index in [9.17, 15) is 14.4 Å². The van der Waals surface area contributed by atoms with Crippen LogP contribution in [-0.4, -0.2) is 41.1 Å². The van der Waals surface area contributed by atoms with Gasteiger partial charge in [0.05, 0.1) is 10.8 Å². The Morgan fingerprint density at radius 3 is 2.15 bits per heavy atom. The van der Waals surface area contributed by atoms with Gasteiger partial charge >= 0.3 is 5.97 Å². The number of isothiocyanates is 1. The predicted molar refractivity (Wildman–Crippen MR) is 97.1 cm³/mol. The Kier molecular flexibility index (Phi) is 6.73. The summed E-state index contributed by atoms with van der Waals surface area (Å²) in [6.07, 6.45) is 0. The normalized spacial score (nSPS) is 9.69. The summed E-state index contributed by atoms with van der Waals surface area (Å²) in [6, 6.07) is 12.9. The first kappa shape index (κ1) is 19.0. The van der Waals surface area contributed by atoms with Crippen LogP contribution in [0, 0.1) is 0 Å². The van der Waals surface area contributed by atoms with Gasteiger partial charge in [0, 0.05) is 11.1 Å². The van der Waals surface area contributed by atoms with E-state index in [1.807, 2.05) is 0 Å². The third-order valence-corrected chi connectivity index (χ3v) is 3.32. The second-order valence-corrected chi connectivity index (χ2v) is 5.25. The van der Waals surface area contributed by atoms with Gasteiger partial charge in [0.1, 0.15) is 12.3 Å². The van der Waals surface area contributed by atoms with Gasteiger partial charge in [-0.05, 0) is 60.7 Å². The molecule has 132 valence electrons. The van der Waals surface area contributed by atoms with Crippen molar-refractivity contribution in [1.29, 1.82) is 0 Å². The zero-order chi connectivity index (χ0) is 18.9. The fourth-order valence-electron chi connectivity index (χ4n) is 1.98. The third-order valence-electron chi connectivity index (χ3n) is 3.23. The number of hydrogen-bond acceptors (Lipinski definition) is 6. The molecule has 2 aromatic carbocycles. The van der Waals surface area contributed by atoms with Crippen LogP contribution < -0.4 is 10.1 Å². The molecule has 2 rings (SSSR count). The van der Waals surface area contributed by atoms with Gasteiger partial charge < -0.3 is 15.2 Å². The summed E-state index contributed by atoms with van der Waals surface area (Å²) in [7, 11) is 0. The lowest BCUT2D eigenvalue weighted by molar-refractivity contribution is -0.138. The first-order chi connectivity index (χ1) is 12.5. The van der Waals surface area contributed by atoms with Crippen molar-refractivity contribution in [2.75, 3.05) is 13.2 Å². The monoisotopic (exact) mass is 370 g/mol. The molecular formula is C18H14N2O5S. The van der Waals surface area contributed by atoms with Crippen LogP contribution in [0.5, 0.6) is 5.75 Å². The highest BCUT2D eigenvalue weighted by atomic mass is 32.1. The van der Waals surface area contributed by atoms with Crippen molar-refractivity contribution in [3.8, 4) is 5.75 Å². The molecule has 0 aliphatic heterocycles. The van der Waals surface area contributed by atoms with Gasteiger partial charge in [0.25, 0.3) is 5.91 Å². The van der Waals surface area contributed by atoms with Gasteiger partial charge in [-0.3, -0.25) is 14.4 Å². The highest BCUT2D eigenvalue weighted by Crippen LogP contribution is 2.18. The number of hydrogen-bond donors (Lipinski definition) is 2. The van der Waals surface area contributed by atoms with Crippen LogP contribution in [0.4, 0.5) is 5.69 Å². The minimum absolute atomic E-state index is 0.173. The molecular weight excluding hydrogens is 356 g/mol. The largest absolute Gasteiger partial charge is 0.484 e. The van der Waals surface area contributed by atoms with Crippen LogP contribution in [-0.2, 0) is 9.59 Å². The maximum absolute atomic E-state index is 12.4. The van der Waals surface area contributed by atoms with Crippen molar-refractivity contribution in [3.05, 3.63) is 59.7 Å². The summed E-state index contributed by atoms with van der Waals surface area (Å²) in [6.45, 7) is -0.785. The molecule has 8 heteroatoms. The Morgan fingerprint density at radius 2 is 1.62 bits per heavy atom. The first-order valence-electron chi connectivity index (χ1n) is 7.43. The molecule has 1 amide bonds. The summed E-state index contributed by atoms with van der Waals surface area (Å²) in [5.41, 5.74) is 1.57. The molecule has 2 aromatic rings. The summed E-state index contributed by atoms with van der Waals surface area (Å²) in [5.74, 6) is -1.47. The Labute approximate surface area is 154 Å². The highest BCUT2D eigenvalue weighted by molar-refractivity contribution is 7.78. The van der Waals surface area contributed by atoms with Gasteiger partial charge in [-0.25, -0.2) is 0 Å². The molecule has 2 N–H and O–H groups in total. The molecule has 26 heavy (non-hydrogen) atoms. The van der Waals surface area contributed by atoms with E-state index < -0.39 is 18.4 Å². The zero-order valence-corrected chi connectivity index (χ0v) is 14.3. The molecule has 0 aliphatic rings. The molecule has 0 radical (unpaired) electrons. The number of carboxylic acids is 1. The second kappa shape index (κ2) is 9.22. The van der Waals surface area contributed by atoms with Crippen LogP contribution >= 0.6 is 12.2 Å². The summed E-state index contributed by atoms with van der Waals surface area (Å²) < 4.78 is 5.24. The number of thiocarbonyl (C=S) groups is 1. The molecule has 0 heterocycles. The van der Waals surface area contributed by atoms with Crippen molar-refractivity contribution < 1.29 is 24.2 Å². The molecule has 0 aromatic heterocycles. The molecule has 7 nitrogen and oxygen atoms in total. The smallest absolute Gasteiger partial charge is 0.322 e. The van der Waals surface area contributed by atoms with Gasteiger partial charge in [-0.1, -0.05) is 0 Å². The Morgan fingerprint density at radius 1 is 1.04 bits per heavy atom. The average Bonchev–Trinajstić information content (AvgIpc) is 2.65. The number of benzene rings is 2. The number of aliphatic imine (C=N–C) groups is 1. The topological polar surface area (TPSA) is 105 Å². The van der Waals surface area contributed by atoms with E-state index in [1.165, 1.54) is 0 Å². The van der Waals surface area contributed by atoms with Gasteiger partial charge in [-0.2, -0.15) is 4.99 Å². The number of nitrogens with one attached hydrogen (secondary N) is 1. The van der Waals surface area contributed by atoms with Crippen LogP contribution in [0.3, 0.4) is 0 Å². The number of carbonyl (C=O) groups excluding carboxylic acids is 2. The Balaban J connectivity index is 1.95. The second-order valence-electron chi connectivity index (χ2n) is 5.06. The number of carboxylic acid groups (broad SMARTS) is 1. The summed E-state index contributed by atoms with van der Waals surface area (Å²) >= 11 is 4.52. The molecule has 0 saturated carbocycles. The maximum Gasteiger partial charge on any atom is 0.322 e. The van der Waals surface area contributed by atoms with Gasteiger partial charge in [-0.15, -0.1) is 0 Å². The third kappa shape index (κ3) is 5.62. The number of amides is 1. The summed E-state index contributed by atoms with van der Waals surface area (Å²) in [5, 5.41) is 12.9. The van der Waals surface area contributed by atoms with Crippen molar-refractivity contribution in [2.45, 2.75) is 0 Å². The maximum atomic E-state index is 12.4. The van der Waals surface area contributed by atoms with E-state index in [0.29, 0.717) is 22.6 Å². The van der Waals surface area contributed by atoms with Crippen molar-refractivity contribution in [3.63, 3.8) is 0 Å². The predicted octanol–water partition coefficient (Wildman–Crippen LogP) is 2.23. The van der Waals surface area contributed by atoms with E-state index in [0.717, 1.165) is 0 Å². The van der Waals surface area contributed by atoms with Crippen LogP contribution in [0.15, 0.2) is 53.5 Å². The van der Waals surface area contributed by atoms with Gasteiger partial charge in [0.15, 0.2) is 12.4 Å². The minimum atomic E-state index is -1.14. The molecule has 0 aliphatic carbocycles. The van der Waals surface area contributed by atoms with Crippen molar-refractivity contribution in [1.82, 2.24) is 5.32 Å². The molecule has 0 atom stereocenters. The molecule has 0 fully saturated rings. The highest BCUT2D eigenvalue weighted by Gasteiger charge is 2.10. The molecule has 0 unspecified atom stereocenters. The average molecular weight is 370 g/mol. The van der Waals surface area contributed by atoms with E-state index in [4.69, 9.17) is 9.84 Å². The van der Waals surface area contributed by atoms with Crippen molar-refractivity contribution >= 4 is 40.7 Å². The van der Waals surface area contributed by atoms with E-state index >= 15 is 0 Å². The number of carbonyl (C=O) groups is 3. The van der Waals surface area contributed by atoms with E-state index in [-0.39, 0.29) is 12.4 Å². The fraction of sp³-hybridized carbons (Fsp3) is 0.111. The number of nitrogens with zero attached hydrogens (tertiary/aromatic N) is 1. The number of aliphatic carboxylic acids is 1. The molecule has 0 saturated heterocycles. The summed E-state index contributed by atoms with van der Waals surface area (Å²) in [4.78, 5) is 38.0. The standard InChI is InChI=1S/C18H14N2O5S/c21-16(19-9-17(22)23)10-25-15-7-3-13(4-8-15)18(24)12-1-5-14(6-2-12)20-11-26/h1-8H,9-10H2,(H,19,21)(H,22,23). The number of ether oxygens (including phenoxy) is 1. The van der Waals surface area contributed by atoms with Crippen LogP contribution in [0.2, 0.25) is 0 Å². The van der Waals surface area contributed by atoms with Crippen LogP contribution in [0.1, 0.15) is 15.9 Å². The SMILES string of the molecule is O=C(O)CNC(=O)COc1ccc(C(=O)c2ccc(N=C=S)cc2)cc1. The van der Waals surface area contributed by atoms with Crippen molar-refractivity contribution in [2.24, 2.45) is 4.99 Å². The zero-order valence-electron chi connectivity index (χ0n) is 13.5. The lowest BCUT2D eigenvalue weighted by atomic mass is 10.0. The minimum Gasteiger partial charge on any atom is -0.484 e. The fourth-order valence-corrected chi connectivity index (χ4v) is 2.09. The number of rotatable bonds is 8. The first-order valence-corrected chi connectivity index (χ1v) is 7.84. The Bertz CT molecular complexity index is 856. The molecule has 0 spiro atoms. The van der Waals surface area contributed by atoms with Crippen LogP contribution in [0.25, 0.3) is 0 Å². The van der Waals surface area contributed by atoms with E-state index in [2.05, 4.69) is 27.7 Å². The number of ketones is 1. The lowest BCUT2D eigenvalue weighted by Crippen LogP contribution is -2.33. The lowest BCUT2D eigenvalue weighted by Gasteiger charge is -2.07. The van der Waals surface area contributed by atoms with E-state index in [1.54, 1.807) is 48.5 Å². The molecule has 0 bridgehead atoms. The quantitative estimate of drug-likeness (QED) is 0.419.